The van der Waals surface area contributed by atoms with Gasteiger partial charge in [-0.05, 0) is 18.2 Å². The highest BCUT2D eigenvalue weighted by atomic mass is 32.2. The molecule has 2 aromatic rings. The van der Waals surface area contributed by atoms with Crippen LogP contribution < -0.4 is 10.5 Å². The van der Waals surface area contributed by atoms with E-state index >= 15 is 0 Å². The van der Waals surface area contributed by atoms with Crippen molar-refractivity contribution < 1.29 is 21.6 Å². The van der Waals surface area contributed by atoms with Crippen LogP contribution in [-0.2, 0) is 16.2 Å². The van der Waals surface area contributed by atoms with E-state index in [2.05, 4.69) is 10.2 Å². The van der Waals surface area contributed by atoms with E-state index in [1.54, 1.807) is 0 Å². The second-order valence-electron chi connectivity index (χ2n) is 3.84. The normalized spacial score (nSPS) is 12.3. The summed E-state index contributed by atoms with van der Waals surface area (Å²) in [6, 6.07) is 2.76. The largest absolute Gasteiger partial charge is 0.418 e. The molecule has 0 bridgehead atoms. The summed E-state index contributed by atoms with van der Waals surface area (Å²) < 4.78 is 63.7. The van der Waals surface area contributed by atoms with Crippen LogP contribution in [-0.4, -0.2) is 18.6 Å². The number of nitrogen functional groups attached to an aromatic ring is 1. The van der Waals surface area contributed by atoms with Gasteiger partial charge in [0.05, 0.1) is 11.8 Å². The Morgan fingerprint density at radius 2 is 2.00 bits per heavy atom. The van der Waals surface area contributed by atoms with E-state index in [4.69, 9.17) is 5.73 Å². The zero-order valence-electron chi connectivity index (χ0n) is 9.77. The quantitative estimate of drug-likeness (QED) is 0.753. The van der Waals surface area contributed by atoms with E-state index in [0.717, 1.165) is 24.5 Å². The lowest BCUT2D eigenvalue weighted by Crippen LogP contribution is -2.14. The summed E-state index contributed by atoms with van der Waals surface area (Å²) >= 11 is 0. The second-order valence-corrected chi connectivity index (χ2v) is 5.52. The van der Waals surface area contributed by atoms with Gasteiger partial charge in [0, 0.05) is 17.6 Å². The van der Waals surface area contributed by atoms with Gasteiger partial charge in [-0.2, -0.15) is 18.3 Å². The second kappa shape index (κ2) is 4.71. The first-order chi connectivity index (χ1) is 9.20. The maximum Gasteiger partial charge on any atom is 0.418 e. The van der Waals surface area contributed by atoms with Crippen molar-refractivity contribution in [3.8, 4) is 0 Å². The van der Waals surface area contributed by atoms with Gasteiger partial charge >= 0.3 is 6.18 Å². The zero-order valence-corrected chi connectivity index (χ0v) is 10.6. The van der Waals surface area contributed by atoms with E-state index in [-0.39, 0.29) is 10.6 Å². The number of rotatable bonds is 3. The molecule has 2 rings (SSSR count). The number of hydrogen-bond acceptors (Lipinski definition) is 4. The van der Waals surface area contributed by atoms with E-state index < -0.39 is 27.5 Å². The van der Waals surface area contributed by atoms with Crippen LogP contribution in [0.5, 0.6) is 0 Å². The molecule has 0 radical (unpaired) electrons. The molecule has 0 saturated heterocycles. The molecule has 0 aliphatic heterocycles. The third-order valence-electron chi connectivity index (χ3n) is 2.39. The Morgan fingerprint density at radius 1 is 1.30 bits per heavy atom. The summed E-state index contributed by atoms with van der Waals surface area (Å²) in [5.74, 6) is 0. The fraction of sp³-hybridized carbons (Fsp3) is 0.100. The molecule has 0 fully saturated rings. The number of sulfonamides is 1. The van der Waals surface area contributed by atoms with E-state index in [0.29, 0.717) is 6.07 Å². The fourth-order valence-electron chi connectivity index (χ4n) is 1.47. The molecule has 0 atom stereocenters. The number of hydrogen-bond donors (Lipinski definition) is 3. The van der Waals surface area contributed by atoms with E-state index in [1.807, 2.05) is 4.72 Å². The molecule has 1 aromatic carbocycles. The molecule has 0 aliphatic carbocycles. The van der Waals surface area contributed by atoms with Crippen LogP contribution in [0.4, 0.5) is 24.5 Å². The molecule has 10 heteroatoms. The Labute approximate surface area is 111 Å². The van der Waals surface area contributed by atoms with Crippen molar-refractivity contribution >= 4 is 21.4 Å². The van der Waals surface area contributed by atoms with Crippen LogP contribution in [0.15, 0.2) is 35.5 Å². The maximum absolute atomic E-state index is 12.7. The Morgan fingerprint density at radius 3 is 2.55 bits per heavy atom. The van der Waals surface area contributed by atoms with Crippen LogP contribution in [0.2, 0.25) is 0 Å². The van der Waals surface area contributed by atoms with E-state index in [1.165, 1.54) is 0 Å². The number of nitrogens with two attached hydrogens (primary N) is 1. The highest BCUT2D eigenvalue weighted by Crippen LogP contribution is 2.35. The Bertz CT molecular complexity index is 711. The van der Waals surface area contributed by atoms with Gasteiger partial charge in [-0.15, -0.1) is 0 Å². The summed E-state index contributed by atoms with van der Waals surface area (Å²) in [6.45, 7) is 0. The third-order valence-corrected chi connectivity index (χ3v) is 3.74. The number of benzene rings is 1. The number of H-pyrrole nitrogens is 1. The molecule has 20 heavy (non-hydrogen) atoms. The molecular formula is C10H9F3N4O2S. The standard InChI is InChI=1S/C10H9F3N4O2S/c11-10(12,13)8-3-6(1-2-9(8)14)17-20(18,19)7-4-15-16-5-7/h1-5,17H,14H2,(H,15,16). The van der Waals surface area contributed by atoms with Gasteiger partial charge in [-0.25, -0.2) is 8.42 Å². The van der Waals surface area contributed by atoms with Gasteiger partial charge in [-0.3, -0.25) is 9.82 Å². The van der Waals surface area contributed by atoms with Gasteiger partial charge < -0.3 is 5.73 Å². The first-order valence-corrected chi connectivity index (χ1v) is 6.67. The summed E-state index contributed by atoms with van der Waals surface area (Å²) in [5, 5.41) is 5.75. The van der Waals surface area contributed by atoms with Crippen LogP contribution in [0, 0.1) is 0 Å². The zero-order chi connectivity index (χ0) is 15.0. The van der Waals surface area contributed by atoms with Crippen LogP contribution in [0.3, 0.4) is 0 Å². The molecular weight excluding hydrogens is 297 g/mol. The average molecular weight is 306 g/mol. The van der Waals surface area contributed by atoms with E-state index in [9.17, 15) is 21.6 Å². The number of aromatic nitrogens is 2. The first-order valence-electron chi connectivity index (χ1n) is 5.18. The predicted molar refractivity (Wildman–Crippen MR) is 65.3 cm³/mol. The maximum atomic E-state index is 12.7. The summed E-state index contributed by atoms with van der Waals surface area (Å²) in [4.78, 5) is -0.192. The van der Waals surface area contributed by atoms with Gasteiger partial charge in [-0.1, -0.05) is 0 Å². The highest BCUT2D eigenvalue weighted by molar-refractivity contribution is 7.92. The molecule has 1 aromatic heterocycles. The monoisotopic (exact) mass is 306 g/mol. The van der Waals surface area contributed by atoms with Crippen molar-refractivity contribution in [2.24, 2.45) is 0 Å². The smallest absolute Gasteiger partial charge is 0.398 e. The van der Waals surface area contributed by atoms with Crippen molar-refractivity contribution in [3.05, 3.63) is 36.2 Å². The molecule has 0 saturated carbocycles. The lowest BCUT2D eigenvalue weighted by atomic mass is 10.1. The van der Waals surface area contributed by atoms with Crippen LogP contribution in [0.1, 0.15) is 5.56 Å². The molecule has 0 unspecified atom stereocenters. The van der Waals surface area contributed by atoms with Gasteiger partial charge in [0.15, 0.2) is 0 Å². The lowest BCUT2D eigenvalue weighted by molar-refractivity contribution is -0.136. The van der Waals surface area contributed by atoms with Crippen LogP contribution >= 0.6 is 0 Å². The Kier molecular flexibility index (Phi) is 3.34. The van der Waals surface area contributed by atoms with Crippen molar-refractivity contribution in [2.75, 3.05) is 10.5 Å². The number of aromatic amines is 1. The molecule has 0 spiro atoms. The predicted octanol–water partition coefficient (Wildman–Crippen LogP) is 1.81. The third kappa shape index (κ3) is 2.85. The molecule has 4 N–H and O–H groups in total. The van der Waals surface area contributed by atoms with Crippen LogP contribution in [0.25, 0.3) is 0 Å². The van der Waals surface area contributed by atoms with Crippen molar-refractivity contribution in [3.63, 3.8) is 0 Å². The number of alkyl halides is 3. The molecule has 6 nitrogen and oxygen atoms in total. The van der Waals surface area contributed by atoms with Gasteiger partial charge in [0.2, 0.25) is 0 Å². The van der Waals surface area contributed by atoms with Crippen molar-refractivity contribution in [1.82, 2.24) is 10.2 Å². The highest BCUT2D eigenvalue weighted by Gasteiger charge is 2.33. The number of halogens is 3. The molecule has 0 amide bonds. The average Bonchev–Trinajstić information content (AvgIpc) is 2.84. The Hall–Kier alpha value is -2.23. The minimum absolute atomic E-state index is 0.192. The first kappa shape index (κ1) is 14.2. The summed E-state index contributed by atoms with van der Waals surface area (Å²) in [6.07, 6.45) is -2.53. The minimum atomic E-state index is -4.67. The number of anilines is 2. The molecule has 108 valence electrons. The molecule has 0 aliphatic rings. The summed E-state index contributed by atoms with van der Waals surface area (Å²) in [7, 11) is -4.00. The van der Waals surface area contributed by atoms with Crippen molar-refractivity contribution in [1.29, 1.82) is 0 Å². The molecule has 1 heterocycles. The van der Waals surface area contributed by atoms with Gasteiger partial charge in [0.25, 0.3) is 10.0 Å². The van der Waals surface area contributed by atoms with Gasteiger partial charge in [0.1, 0.15) is 4.90 Å². The summed E-state index contributed by atoms with van der Waals surface area (Å²) in [5.41, 5.74) is 3.39. The number of nitrogens with one attached hydrogen (secondary N) is 2. The minimum Gasteiger partial charge on any atom is -0.398 e. The SMILES string of the molecule is Nc1ccc(NS(=O)(=O)c2cn[nH]c2)cc1C(F)(F)F. The number of nitrogens with zero attached hydrogens (tertiary/aromatic N) is 1. The Balaban J connectivity index is 2.36. The topological polar surface area (TPSA) is 101 Å². The lowest BCUT2D eigenvalue weighted by Gasteiger charge is -2.12. The fourth-order valence-corrected chi connectivity index (χ4v) is 2.42. The van der Waals surface area contributed by atoms with Crippen molar-refractivity contribution in [2.45, 2.75) is 11.1 Å².